The summed E-state index contributed by atoms with van der Waals surface area (Å²) in [4.78, 5) is 25.2. The Bertz CT molecular complexity index is 1110. The molecule has 0 atom stereocenters. The number of carbonyl (C=O) groups excluding carboxylic acids is 2. The Morgan fingerprint density at radius 3 is 2.50 bits per heavy atom. The largest absolute Gasteiger partial charge is 0.497 e. The summed E-state index contributed by atoms with van der Waals surface area (Å²) in [7, 11) is 1.61. The Hall–Kier alpha value is -2.97. The smallest absolute Gasteiger partial charge is 0.242 e. The van der Waals surface area contributed by atoms with Gasteiger partial charge >= 0.3 is 0 Å². The number of fused-ring (bicyclic) bond motifs is 1. The molecule has 1 aliphatic rings. The molecule has 0 fully saturated rings. The van der Waals surface area contributed by atoms with Crippen LogP contribution in [-0.4, -0.2) is 28.7 Å². The van der Waals surface area contributed by atoms with Crippen molar-refractivity contribution in [2.24, 2.45) is 0 Å². The highest BCUT2D eigenvalue weighted by Crippen LogP contribution is 2.34. The molecular weight excluding hydrogens is 448 g/mol. The number of methoxy groups -OCH3 is 1. The maximum absolute atomic E-state index is 12.7. The van der Waals surface area contributed by atoms with Gasteiger partial charge in [0.25, 0.3) is 0 Å². The fourth-order valence-corrected chi connectivity index (χ4v) is 4.58. The molecule has 1 aromatic heterocycles. The van der Waals surface area contributed by atoms with E-state index in [1.807, 2.05) is 36.4 Å². The van der Waals surface area contributed by atoms with Crippen LogP contribution in [0.25, 0.3) is 0 Å². The molecule has 0 spiro atoms. The highest BCUT2D eigenvalue weighted by Gasteiger charge is 2.25. The molecule has 9 heteroatoms. The summed E-state index contributed by atoms with van der Waals surface area (Å²) in [6, 6.07) is 14.7. The van der Waals surface area contributed by atoms with Crippen molar-refractivity contribution in [3.8, 4) is 5.75 Å². The molecule has 0 unspecified atom stereocenters. The fraction of sp³-hybridized carbons (Fsp3) is 0.261. The molecule has 0 saturated heterocycles. The van der Waals surface area contributed by atoms with Gasteiger partial charge in [0.15, 0.2) is 0 Å². The number of nitrogens with zero attached hydrogens (tertiary/aromatic N) is 2. The monoisotopic (exact) mass is 470 g/mol. The van der Waals surface area contributed by atoms with Crippen LogP contribution in [0.1, 0.15) is 22.4 Å². The molecule has 32 heavy (non-hydrogen) atoms. The first-order valence-electron chi connectivity index (χ1n) is 10.1. The van der Waals surface area contributed by atoms with Gasteiger partial charge in [-0.05, 0) is 35.4 Å². The quantitative estimate of drug-likeness (QED) is 0.523. The average Bonchev–Trinajstić information content (AvgIpc) is 3.37. The highest BCUT2D eigenvalue weighted by atomic mass is 35.5. The van der Waals surface area contributed by atoms with Crippen molar-refractivity contribution in [1.29, 1.82) is 0 Å². The minimum Gasteiger partial charge on any atom is -0.497 e. The Kier molecular flexibility index (Phi) is 7.02. The second-order valence-electron chi connectivity index (χ2n) is 7.40. The van der Waals surface area contributed by atoms with Gasteiger partial charge < -0.3 is 15.4 Å². The Morgan fingerprint density at radius 1 is 1.06 bits per heavy atom. The zero-order chi connectivity index (χ0) is 22.5. The number of halogens is 1. The summed E-state index contributed by atoms with van der Waals surface area (Å²) in [6.07, 6.45) is 0.216. The van der Waals surface area contributed by atoms with Gasteiger partial charge in [-0.1, -0.05) is 35.9 Å². The van der Waals surface area contributed by atoms with Crippen molar-refractivity contribution in [3.05, 3.63) is 75.9 Å². The fourth-order valence-electron chi connectivity index (χ4n) is 3.42. The van der Waals surface area contributed by atoms with Crippen molar-refractivity contribution < 1.29 is 14.3 Å². The number of amides is 2. The Balaban J connectivity index is 1.40. The lowest BCUT2D eigenvalue weighted by Crippen LogP contribution is -2.29. The summed E-state index contributed by atoms with van der Waals surface area (Å²) in [5, 5.41) is 11.1. The third kappa shape index (κ3) is 5.44. The predicted octanol–water partition coefficient (Wildman–Crippen LogP) is 3.79. The third-order valence-electron chi connectivity index (χ3n) is 5.10. The van der Waals surface area contributed by atoms with Crippen molar-refractivity contribution in [2.75, 3.05) is 12.4 Å². The third-order valence-corrected chi connectivity index (χ3v) is 6.32. The SMILES string of the molecule is COc1ccc(CNC(=O)Cn2nc3c(c2NC(=O)Cc2ccc(Cl)cc2)CSC3)cc1. The number of hydrogen-bond donors (Lipinski definition) is 2. The maximum atomic E-state index is 12.7. The van der Waals surface area contributed by atoms with Crippen molar-refractivity contribution in [1.82, 2.24) is 15.1 Å². The van der Waals surface area contributed by atoms with Gasteiger partial charge in [-0.25, -0.2) is 4.68 Å². The molecular formula is C23H23ClN4O3S. The van der Waals surface area contributed by atoms with E-state index in [-0.39, 0.29) is 24.8 Å². The molecule has 0 saturated carbocycles. The second-order valence-corrected chi connectivity index (χ2v) is 8.82. The standard InChI is InChI=1S/C23H23ClN4O3S/c1-31-18-8-4-16(5-9-18)11-25-22(30)12-28-23(19-13-32-14-20(19)27-28)26-21(29)10-15-2-6-17(24)7-3-15/h2-9H,10-14H2,1H3,(H,25,30)(H,26,29). The predicted molar refractivity (Wildman–Crippen MR) is 126 cm³/mol. The summed E-state index contributed by atoms with van der Waals surface area (Å²) < 4.78 is 6.74. The number of ether oxygens (including phenoxy) is 1. The summed E-state index contributed by atoms with van der Waals surface area (Å²) in [6.45, 7) is 0.433. The number of rotatable bonds is 8. The molecule has 0 radical (unpaired) electrons. The van der Waals surface area contributed by atoms with Crippen LogP contribution in [0.5, 0.6) is 5.75 Å². The van der Waals surface area contributed by atoms with Gasteiger partial charge in [-0.3, -0.25) is 9.59 Å². The van der Waals surface area contributed by atoms with Crippen LogP contribution in [0.3, 0.4) is 0 Å². The zero-order valence-corrected chi connectivity index (χ0v) is 19.1. The number of thioether (sulfide) groups is 1. The summed E-state index contributed by atoms with van der Waals surface area (Å²) in [5.74, 6) is 2.57. The van der Waals surface area contributed by atoms with Gasteiger partial charge in [0.2, 0.25) is 11.8 Å². The van der Waals surface area contributed by atoms with Gasteiger partial charge in [0.05, 0.1) is 19.2 Å². The second kappa shape index (κ2) is 10.1. The van der Waals surface area contributed by atoms with E-state index in [4.69, 9.17) is 16.3 Å². The molecule has 2 N–H and O–H groups in total. The van der Waals surface area contributed by atoms with Crippen LogP contribution in [0.15, 0.2) is 48.5 Å². The molecule has 3 aromatic rings. The number of aromatic nitrogens is 2. The molecule has 2 heterocycles. The summed E-state index contributed by atoms with van der Waals surface area (Å²) >= 11 is 7.66. The minimum atomic E-state index is -0.178. The molecule has 0 aliphatic carbocycles. The number of carbonyl (C=O) groups is 2. The van der Waals surface area contributed by atoms with E-state index in [1.165, 1.54) is 0 Å². The van der Waals surface area contributed by atoms with Gasteiger partial charge in [-0.2, -0.15) is 16.9 Å². The van der Waals surface area contributed by atoms with E-state index < -0.39 is 0 Å². The number of nitrogens with one attached hydrogen (secondary N) is 2. The highest BCUT2D eigenvalue weighted by molar-refractivity contribution is 7.98. The van der Waals surface area contributed by atoms with E-state index in [0.29, 0.717) is 17.4 Å². The number of hydrogen-bond acceptors (Lipinski definition) is 5. The molecule has 4 rings (SSSR count). The summed E-state index contributed by atoms with van der Waals surface area (Å²) in [5.41, 5.74) is 3.73. The van der Waals surface area contributed by atoms with E-state index >= 15 is 0 Å². The van der Waals surface area contributed by atoms with E-state index in [9.17, 15) is 9.59 Å². The van der Waals surface area contributed by atoms with Crippen molar-refractivity contribution >= 4 is 41.0 Å². The first-order chi connectivity index (χ1) is 15.5. The lowest BCUT2D eigenvalue weighted by atomic mass is 10.1. The van der Waals surface area contributed by atoms with Crippen molar-refractivity contribution in [2.45, 2.75) is 31.0 Å². The molecule has 1 aliphatic heterocycles. The van der Waals surface area contributed by atoms with Crippen LogP contribution < -0.4 is 15.4 Å². The van der Waals surface area contributed by atoms with Gasteiger partial charge in [-0.15, -0.1) is 0 Å². The molecule has 166 valence electrons. The Labute approximate surface area is 195 Å². The van der Waals surface area contributed by atoms with E-state index in [0.717, 1.165) is 39.6 Å². The maximum Gasteiger partial charge on any atom is 0.242 e. The first-order valence-corrected chi connectivity index (χ1v) is 11.7. The lowest BCUT2D eigenvalue weighted by molar-refractivity contribution is -0.122. The Morgan fingerprint density at radius 2 is 1.78 bits per heavy atom. The van der Waals surface area contributed by atoms with E-state index in [1.54, 1.807) is 35.7 Å². The first kappa shape index (κ1) is 22.2. The van der Waals surface area contributed by atoms with Gasteiger partial charge in [0.1, 0.15) is 18.1 Å². The van der Waals surface area contributed by atoms with E-state index in [2.05, 4.69) is 15.7 Å². The minimum absolute atomic E-state index is 0.0321. The topological polar surface area (TPSA) is 85.2 Å². The number of anilines is 1. The molecule has 2 aromatic carbocycles. The van der Waals surface area contributed by atoms with Gasteiger partial charge in [0, 0.05) is 28.6 Å². The molecule has 7 nitrogen and oxygen atoms in total. The number of benzene rings is 2. The normalized spacial score (nSPS) is 12.3. The van der Waals surface area contributed by atoms with Crippen molar-refractivity contribution in [3.63, 3.8) is 0 Å². The van der Waals surface area contributed by atoms with Crippen LogP contribution in [0, 0.1) is 0 Å². The van der Waals surface area contributed by atoms with Crippen LogP contribution in [-0.2, 0) is 40.6 Å². The van der Waals surface area contributed by atoms with Crippen LogP contribution in [0.4, 0.5) is 5.82 Å². The molecule has 0 bridgehead atoms. The molecule has 2 amide bonds. The van der Waals surface area contributed by atoms with Crippen LogP contribution in [0.2, 0.25) is 5.02 Å². The average molecular weight is 471 g/mol. The lowest BCUT2D eigenvalue weighted by Gasteiger charge is -2.12. The zero-order valence-electron chi connectivity index (χ0n) is 17.6. The van der Waals surface area contributed by atoms with Crippen LogP contribution >= 0.6 is 23.4 Å².